The Labute approximate surface area is 111 Å². The van der Waals surface area contributed by atoms with Gasteiger partial charge in [0, 0.05) is 11.4 Å². The van der Waals surface area contributed by atoms with Crippen molar-refractivity contribution in [2.24, 2.45) is 0 Å². The van der Waals surface area contributed by atoms with Gasteiger partial charge in [-0.1, -0.05) is 13.8 Å². The van der Waals surface area contributed by atoms with Gasteiger partial charge in [0.1, 0.15) is 10.8 Å². The average molecular weight is 284 g/mol. The van der Waals surface area contributed by atoms with E-state index in [-0.39, 0.29) is 10.9 Å². The summed E-state index contributed by atoms with van der Waals surface area (Å²) in [5.74, 6) is -1.92. The van der Waals surface area contributed by atoms with Crippen molar-refractivity contribution in [3.05, 3.63) is 45.0 Å². The van der Waals surface area contributed by atoms with E-state index < -0.39 is 27.8 Å². The van der Waals surface area contributed by atoms with E-state index in [1.54, 1.807) is 5.38 Å². The molecule has 0 atom stereocenters. The van der Waals surface area contributed by atoms with E-state index in [4.69, 9.17) is 0 Å². The van der Waals surface area contributed by atoms with Crippen LogP contribution in [0.2, 0.25) is 0 Å². The molecule has 1 heterocycles. The molecule has 19 heavy (non-hydrogen) atoms. The van der Waals surface area contributed by atoms with E-state index in [9.17, 15) is 18.9 Å². The first-order valence-electron chi connectivity index (χ1n) is 5.50. The van der Waals surface area contributed by atoms with Gasteiger partial charge < -0.3 is 0 Å². The molecular formula is C12H10F2N2O2S. The van der Waals surface area contributed by atoms with Crippen molar-refractivity contribution in [2.45, 2.75) is 19.8 Å². The van der Waals surface area contributed by atoms with Gasteiger partial charge in [0.15, 0.2) is 0 Å². The van der Waals surface area contributed by atoms with Gasteiger partial charge in [-0.2, -0.15) is 4.39 Å². The van der Waals surface area contributed by atoms with Crippen molar-refractivity contribution in [1.29, 1.82) is 0 Å². The number of benzene rings is 1. The van der Waals surface area contributed by atoms with Crippen molar-refractivity contribution in [2.75, 3.05) is 0 Å². The Morgan fingerprint density at radius 3 is 2.58 bits per heavy atom. The van der Waals surface area contributed by atoms with Crippen LogP contribution < -0.4 is 0 Å². The SMILES string of the molecule is CC(C)c1csc(-c2c(F)ccc([N+](=O)[O-])c2F)n1. The second kappa shape index (κ2) is 5.00. The second-order valence-electron chi connectivity index (χ2n) is 4.24. The molecule has 0 N–H and O–H groups in total. The van der Waals surface area contributed by atoms with E-state index in [2.05, 4.69) is 4.98 Å². The Bertz CT molecular complexity index is 641. The summed E-state index contributed by atoms with van der Waals surface area (Å²) in [4.78, 5) is 13.9. The molecule has 0 spiro atoms. The standard InChI is InChI=1S/C12H10F2N2O2S/c1-6(2)8-5-19-12(15-8)10-7(13)3-4-9(11(10)14)16(17)18/h3-6H,1-2H3. The maximum atomic E-state index is 14.0. The van der Waals surface area contributed by atoms with E-state index in [0.29, 0.717) is 5.69 Å². The molecule has 2 rings (SSSR count). The minimum atomic E-state index is -1.19. The Hall–Kier alpha value is -1.89. The summed E-state index contributed by atoms with van der Waals surface area (Å²) >= 11 is 1.07. The van der Waals surface area contributed by atoms with Gasteiger partial charge in [-0.15, -0.1) is 11.3 Å². The highest BCUT2D eigenvalue weighted by Gasteiger charge is 2.24. The topological polar surface area (TPSA) is 56.0 Å². The third-order valence-corrected chi connectivity index (χ3v) is 3.47. The average Bonchev–Trinajstić information content (AvgIpc) is 2.78. The molecule has 0 aliphatic carbocycles. The maximum absolute atomic E-state index is 14.0. The molecule has 0 fully saturated rings. The van der Waals surface area contributed by atoms with Crippen LogP contribution in [0.3, 0.4) is 0 Å². The van der Waals surface area contributed by atoms with E-state index in [1.165, 1.54) is 0 Å². The maximum Gasteiger partial charge on any atom is 0.305 e. The van der Waals surface area contributed by atoms with Gasteiger partial charge in [0.05, 0.1) is 16.2 Å². The van der Waals surface area contributed by atoms with Crippen LogP contribution in [0.25, 0.3) is 10.6 Å². The molecule has 4 nitrogen and oxygen atoms in total. The molecule has 0 unspecified atom stereocenters. The van der Waals surface area contributed by atoms with Gasteiger partial charge in [-0.05, 0) is 12.0 Å². The first-order valence-corrected chi connectivity index (χ1v) is 6.38. The van der Waals surface area contributed by atoms with Crippen LogP contribution in [0.5, 0.6) is 0 Å². The number of hydrogen-bond donors (Lipinski definition) is 0. The molecule has 1 aromatic heterocycles. The lowest BCUT2D eigenvalue weighted by molar-refractivity contribution is -0.387. The lowest BCUT2D eigenvalue weighted by Gasteiger charge is -2.02. The van der Waals surface area contributed by atoms with E-state index >= 15 is 0 Å². The van der Waals surface area contributed by atoms with Gasteiger partial charge >= 0.3 is 5.69 Å². The Balaban J connectivity index is 2.60. The normalized spacial score (nSPS) is 11.0. The molecule has 0 saturated carbocycles. The molecule has 0 amide bonds. The molecule has 0 aliphatic rings. The summed E-state index contributed by atoms with van der Waals surface area (Å²) in [6.45, 7) is 3.80. The summed E-state index contributed by atoms with van der Waals surface area (Å²) in [5, 5.41) is 12.5. The number of aromatic nitrogens is 1. The van der Waals surface area contributed by atoms with Gasteiger partial charge in [-0.25, -0.2) is 9.37 Å². The zero-order valence-electron chi connectivity index (χ0n) is 10.2. The Morgan fingerprint density at radius 1 is 1.37 bits per heavy atom. The van der Waals surface area contributed by atoms with Gasteiger partial charge in [0.2, 0.25) is 5.82 Å². The number of nitrogens with zero attached hydrogens (tertiary/aromatic N) is 2. The fourth-order valence-corrected chi connectivity index (χ4v) is 2.57. The fraction of sp³-hybridized carbons (Fsp3) is 0.250. The predicted octanol–water partition coefficient (Wildman–Crippen LogP) is 4.12. The number of hydrogen-bond acceptors (Lipinski definition) is 4. The van der Waals surface area contributed by atoms with Crippen LogP contribution in [0.15, 0.2) is 17.5 Å². The number of nitro benzene ring substituents is 1. The first kappa shape index (κ1) is 13.5. The van der Waals surface area contributed by atoms with Gasteiger partial charge in [0.25, 0.3) is 0 Å². The number of rotatable bonds is 3. The summed E-state index contributed by atoms with van der Waals surface area (Å²) in [7, 11) is 0. The molecule has 0 bridgehead atoms. The van der Waals surface area contributed by atoms with Crippen LogP contribution >= 0.6 is 11.3 Å². The summed E-state index contributed by atoms with van der Waals surface area (Å²) < 4.78 is 27.7. The van der Waals surface area contributed by atoms with Crippen LogP contribution in [-0.4, -0.2) is 9.91 Å². The molecule has 0 radical (unpaired) electrons. The van der Waals surface area contributed by atoms with E-state index in [0.717, 1.165) is 23.5 Å². The van der Waals surface area contributed by atoms with E-state index in [1.807, 2.05) is 13.8 Å². The monoisotopic (exact) mass is 284 g/mol. The molecule has 7 heteroatoms. The zero-order chi connectivity index (χ0) is 14.2. The summed E-state index contributed by atoms with van der Waals surface area (Å²) in [6.07, 6.45) is 0. The third kappa shape index (κ3) is 2.46. The molecule has 100 valence electrons. The first-order chi connectivity index (χ1) is 8.91. The molecule has 1 aromatic carbocycles. The fourth-order valence-electron chi connectivity index (χ4n) is 1.54. The molecule has 2 aromatic rings. The zero-order valence-corrected chi connectivity index (χ0v) is 11.0. The van der Waals surface area contributed by atoms with Crippen molar-refractivity contribution >= 4 is 17.0 Å². The van der Waals surface area contributed by atoms with Crippen molar-refractivity contribution in [1.82, 2.24) is 4.98 Å². The quantitative estimate of drug-likeness (QED) is 0.629. The van der Waals surface area contributed by atoms with Crippen molar-refractivity contribution < 1.29 is 13.7 Å². The molecule has 0 saturated heterocycles. The van der Waals surface area contributed by atoms with Crippen LogP contribution in [0.4, 0.5) is 14.5 Å². The Morgan fingerprint density at radius 2 is 2.05 bits per heavy atom. The Kier molecular flexibility index (Phi) is 3.57. The minimum Gasteiger partial charge on any atom is -0.258 e. The van der Waals surface area contributed by atoms with Crippen molar-refractivity contribution in [3.63, 3.8) is 0 Å². The molecular weight excluding hydrogens is 274 g/mol. The second-order valence-corrected chi connectivity index (χ2v) is 5.10. The minimum absolute atomic E-state index is 0.113. The number of halogens is 2. The highest BCUT2D eigenvalue weighted by Crippen LogP contribution is 2.34. The summed E-state index contributed by atoms with van der Waals surface area (Å²) in [5.41, 5.74) is -0.492. The van der Waals surface area contributed by atoms with Crippen molar-refractivity contribution in [3.8, 4) is 10.6 Å². The van der Waals surface area contributed by atoms with Crippen LogP contribution in [0, 0.1) is 21.7 Å². The summed E-state index contributed by atoms with van der Waals surface area (Å²) in [6, 6.07) is 1.69. The largest absolute Gasteiger partial charge is 0.305 e. The predicted molar refractivity (Wildman–Crippen MR) is 68.2 cm³/mol. The highest BCUT2D eigenvalue weighted by atomic mass is 32.1. The number of thiazole rings is 1. The van der Waals surface area contributed by atoms with Gasteiger partial charge in [-0.3, -0.25) is 10.1 Å². The lowest BCUT2D eigenvalue weighted by Crippen LogP contribution is -1.98. The van der Waals surface area contributed by atoms with Crippen LogP contribution in [-0.2, 0) is 0 Å². The smallest absolute Gasteiger partial charge is 0.258 e. The van der Waals surface area contributed by atoms with Crippen LogP contribution in [0.1, 0.15) is 25.5 Å². The molecule has 0 aliphatic heterocycles. The lowest BCUT2D eigenvalue weighted by atomic mass is 10.1. The number of nitro groups is 1. The third-order valence-electron chi connectivity index (χ3n) is 2.59. The highest BCUT2D eigenvalue weighted by molar-refractivity contribution is 7.13.